The maximum Gasteiger partial charge on any atom is 0.152 e. The maximum atomic E-state index is 6.02. The van der Waals surface area contributed by atoms with E-state index in [1.807, 2.05) is 18.3 Å². The predicted molar refractivity (Wildman–Crippen MR) is 74.5 cm³/mol. The van der Waals surface area contributed by atoms with Crippen LogP contribution in [0.2, 0.25) is 0 Å². The summed E-state index contributed by atoms with van der Waals surface area (Å²) in [6.07, 6.45) is 4.09. The largest absolute Gasteiger partial charge is 0.396 e. The molecule has 1 aromatic carbocycles. The lowest BCUT2D eigenvalue weighted by atomic mass is 10.0. The van der Waals surface area contributed by atoms with Crippen LogP contribution in [0, 0.1) is 0 Å². The minimum Gasteiger partial charge on any atom is -0.396 e. The van der Waals surface area contributed by atoms with Crippen molar-refractivity contribution in [3.63, 3.8) is 0 Å². The van der Waals surface area contributed by atoms with Crippen molar-refractivity contribution < 1.29 is 0 Å². The van der Waals surface area contributed by atoms with E-state index in [-0.39, 0.29) is 0 Å². The summed E-state index contributed by atoms with van der Waals surface area (Å²) in [6, 6.07) is 12.4. The molecule has 92 valence electrons. The second-order valence-electron chi connectivity index (χ2n) is 4.71. The molecule has 0 atom stereocenters. The van der Waals surface area contributed by atoms with E-state index in [0.29, 0.717) is 0 Å². The van der Waals surface area contributed by atoms with Gasteiger partial charge in [-0.3, -0.25) is 0 Å². The Balaban J connectivity index is 1.94. The monoisotopic (exact) mass is 239 g/mol. The molecule has 1 aliphatic rings. The van der Waals surface area contributed by atoms with Crippen molar-refractivity contribution >= 4 is 11.5 Å². The molecule has 3 heteroatoms. The number of fused-ring (bicyclic) bond motifs is 1. The Morgan fingerprint density at radius 2 is 1.89 bits per heavy atom. The molecular formula is C15H17N3. The van der Waals surface area contributed by atoms with Gasteiger partial charge in [-0.1, -0.05) is 24.3 Å². The summed E-state index contributed by atoms with van der Waals surface area (Å²) >= 11 is 0. The first-order chi connectivity index (χ1) is 8.84. The third kappa shape index (κ3) is 2.04. The van der Waals surface area contributed by atoms with Crippen molar-refractivity contribution in [2.75, 3.05) is 17.2 Å². The number of aryl methyl sites for hydroxylation is 1. The number of hydrogen-bond donors (Lipinski definition) is 1. The number of nitrogens with two attached hydrogens (primary N) is 1. The average Bonchev–Trinajstić information content (AvgIpc) is 2.61. The van der Waals surface area contributed by atoms with Crippen LogP contribution in [-0.2, 0) is 13.0 Å². The van der Waals surface area contributed by atoms with E-state index in [1.165, 1.54) is 11.1 Å². The van der Waals surface area contributed by atoms with Gasteiger partial charge in [0, 0.05) is 19.3 Å². The lowest BCUT2D eigenvalue weighted by Crippen LogP contribution is -2.24. The van der Waals surface area contributed by atoms with Gasteiger partial charge in [-0.25, -0.2) is 4.98 Å². The predicted octanol–water partition coefficient (Wildman–Crippen LogP) is 2.62. The van der Waals surface area contributed by atoms with Crippen molar-refractivity contribution in [3.8, 4) is 0 Å². The van der Waals surface area contributed by atoms with Crippen LogP contribution in [0.1, 0.15) is 17.5 Å². The van der Waals surface area contributed by atoms with E-state index in [0.717, 1.165) is 37.4 Å². The summed E-state index contributed by atoms with van der Waals surface area (Å²) in [5.74, 6) is 0.911. The van der Waals surface area contributed by atoms with Gasteiger partial charge in [0.15, 0.2) is 5.82 Å². The number of nitrogens with zero attached hydrogens (tertiary/aromatic N) is 2. The van der Waals surface area contributed by atoms with Crippen LogP contribution in [0.15, 0.2) is 42.6 Å². The van der Waals surface area contributed by atoms with Crippen molar-refractivity contribution in [3.05, 3.63) is 53.7 Å². The molecule has 0 spiro atoms. The zero-order valence-corrected chi connectivity index (χ0v) is 10.3. The molecule has 3 nitrogen and oxygen atoms in total. The first-order valence-corrected chi connectivity index (χ1v) is 6.37. The molecule has 1 aromatic heterocycles. The number of benzene rings is 1. The highest BCUT2D eigenvalue weighted by Crippen LogP contribution is 2.25. The van der Waals surface area contributed by atoms with Crippen molar-refractivity contribution in [2.45, 2.75) is 19.4 Å². The van der Waals surface area contributed by atoms with Gasteiger partial charge in [-0.05, 0) is 36.1 Å². The number of rotatable bonds is 1. The third-order valence-corrected chi connectivity index (χ3v) is 3.47. The molecular weight excluding hydrogens is 222 g/mol. The topological polar surface area (TPSA) is 42.1 Å². The fourth-order valence-corrected chi connectivity index (χ4v) is 2.56. The van der Waals surface area contributed by atoms with Crippen LogP contribution in [-0.4, -0.2) is 11.5 Å². The number of pyridine rings is 1. The average molecular weight is 239 g/mol. The van der Waals surface area contributed by atoms with Crippen LogP contribution < -0.4 is 10.6 Å². The Labute approximate surface area is 107 Å². The summed E-state index contributed by atoms with van der Waals surface area (Å²) in [5, 5.41) is 0. The maximum absolute atomic E-state index is 6.02. The minimum absolute atomic E-state index is 0.761. The highest BCUT2D eigenvalue weighted by atomic mass is 15.2. The second kappa shape index (κ2) is 4.69. The van der Waals surface area contributed by atoms with Crippen LogP contribution in [0.3, 0.4) is 0 Å². The van der Waals surface area contributed by atoms with Crippen molar-refractivity contribution in [1.82, 2.24) is 4.98 Å². The van der Waals surface area contributed by atoms with Crippen LogP contribution in [0.5, 0.6) is 0 Å². The molecule has 2 aromatic rings. The molecule has 0 fully saturated rings. The molecule has 0 amide bonds. The normalized spacial score (nSPS) is 15.0. The molecule has 0 saturated carbocycles. The molecule has 1 aliphatic heterocycles. The summed E-state index contributed by atoms with van der Waals surface area (Å²) < 4.78 is 0. The molecule has 0 aliphatic carbocycles. The van der Waals surface area contributed by atoms with Gasteiger partial charge in [-0.2, -0.15) is 0 Å². The first kappa shape index (κ1) is 11.1. The molecule has 2 heterocycles. The quantitative estimate of drug-likeness (QED) is 0.831. The zero-order chi connectivity index (χ0) is 12.4. The molecule has 3 rings (SSSR count). The van der Waals surface area contributed by atoms with Crippen LogP contribution in [0.4, 0.5) is 11.5 Å². The highest BCUT2D eigenvalue weighted by Gasteiger charge is 2.16. The van der Waals surface area contributed by atoms with E-state index in [9.17, 15) is 0 Å². The lowest BCUT2D eigenvalue weighted by Gasteiger charge is -2.23. The Kier molecular flexibility index (Phi) is 2.89. The molecule has 0 radical (unpaired) electrons. The van der Waals surface area contributed by atoms with E-state index < -0.39 is 0 Å². The van der Waals surface area contributed by atoms with Gasteiger partial charge < -0.3 is 10.6 Å². The molecule has 2 N–H and O–H groups in total. The Hall–Kier alpha value is -2.03. The fraction of sp³-hybridized carbons (Fsp3) is 0.267. The van der Waals surface area contributed by atoms with E-state index in [4.69, 9.17) is 5.73 Å². The number of anilines is 2. The molecule has 0 unspecified atom stereocenters. The molecule has 18 heavy (non-hydrogen) atoms. The van der Waals surface area contributed by atoms with E-state index in [1.54, 1.807) is 0 Å². The summed E-state index contributed by atoms with van der Waals surface area (Å²) in [4.78, 5) is 6.70. The summed E-state index contributed by atoms with van der Waals surface area (Å²) in [6.45, 7) is 1.91. The standard InChI is InChI=1S/C15H17N3/c16-14-8-3-9-17-15(14)18-10-4-7-12-5-1-2-6-13(12)11-18/h1-3,5-6,8-9H,4,7,10-11,16H2. The van der Waals surface area contributed by atoms with Crippen LogP contribution in [0.25, 0.3) is 0 Å². The fourth-order valence-electron chi connectivity index (χ4n) is 2.56. The third-order valence-electron chi connectivity index (χ3n) is 3.47. The Morgan fingerprint density at radius 3 is 2.72 bits per heavy atom. The second-order valence-corrected chi connectivity index (χ2v) is 4.71. The van der Waals surface area contributed by atoms with Crippen LogP contribution >= 0.6 is 0 Å². The Morgan fingerprint density at radius 1 is 1.06 bits per heavy atom. The minimum atomic E-state index is 0.761. The number of aromatic nitrogens is 1. The van der Waals surface area contributed by atoms with Gasteiger partial charge in [0.1, 0.15) is 0 Å². The SMILES string of the molecule is Nc1cccnc1N1CCCc2ccccc2C1. The summed E-state index contributed by atoms with van der Waals surface area (Å²) in [7, 11) is 0. The molecule has 0 bridgehead atoms. The first-order valence-electron chi connectivity index (χ1n) is 6.37. The highest BCUT2D eigenvalue weighted by molar-refractivity contribution is 5.62. The van der Waals surface area contributed by atoms with E-state index in [2.05, 4.69) is 34.1 Å². The summed E-state index contributed by atoms with van der Waals surface area (Å²) in [5.41, 5.74) is 9.62. The van der Waals surface area contributed by atoms with Gasteiger partial charge in [0.25, 0.3) is 0 Å². The number of nitrogen functional groups attached to an aromatic ring is 1. The zero-order valence-electron chi connectivity index (χ0n) is 10.3. The lowest BCUT2D eigenvalue weighted by molar-refractivity contribution is 0.756. The van der Waals surface area contributed by atoms with Gasteiger partial charge in [0.2, 0.25) is 0 Å². The van der Waals surface area contributed by atoms with Gasteiger partial charge in [0.05, 0.1) is 5.69 Å². The smallest absolute Gasteiger partial charge is 0.152 e. The van der Waals surface area contributed by atoms with Gasteiger partial charge in [-0.15, -0.1) is 0 Å². The number of hydrogen-bond acceptors (Lipinski definition) is 3. The van der Waals surface area contributed by atoms with Crippen molar-refractivity contribution in [2.24, 2.45) is 0 Å². The molecule has 0 saturated heterocycles. The Bertz CT molecular complexity index is 551. The van der Waals surface area contributed by atoms with Gasteiger partial charge >= 0.3 is 0 Å². The van der Waals surface area contributed by atoms with E-state index >= 15 is 0 Å². The van der Waals surface area contributed by atoms with Crippen molar-refractivity contribution in [1.29, 1.82) is 0 Å².